The zero-order chi connectivity index (χ0) is 26.2. The Hall–Kier alpha value is -3.70. The highest BCUT2D eigenvalue weighted by atomic mass is 35.5. The largest absolute Gasteiger partial charge is 0.481 e. The lowest BCUT2D eigenvalue weighted by molar-refractivity contribution is -0.146. The second-order valence-corrected chi connectivity index (χ2v) is 10.4. The fourth-order valence-corrected chi connectivity index (χ4v) is 4.47. The van der Waals surface area contributed by atoms with Gasteiger partial charge in [-0.05, 0) is 73.7 Å². The zero-order valence-electron chi connectivity index (χ0n) is 20.7. The summed E-state index contributed by atoms with van der Waals surface area (Å²) < 4.78 is 1.73. The van der Waals surface area contributed by atoms with Crippen LogP contribution in [0.5, 0.6) is 0 Å². The minimum Gasteiger partial charge on any atom is -0.481 e. The molecular formula is C30H28ClNO4. The minimum absolute atomic E-state index is 0.00357. The summed E-state index contributed by atoms with van der Waals surface area (Å²) in [7, 11) is 0. The van der Waals surface area contributed by atoms with E-state index in [0.29, 0.717) is 32.8 Å². The fourth-order valence-electron chi connectivity index (χ4n) is 4.34. The van der Waals surface area contributed by atoms with Gasteiger partial charge in [-0.25, -0.2) is 0 Å². The van der Waals surface area contributed by atoms with Crippen LogP contribution in [-0.4, -0.2) is 27.0 Å². The van der Waals surface area contributed by atoms with Crippen molar-refractivity contribution in [3.05, 3.63) is 111 Å². The lowest BCUT2D eigenvalue weighted by atomic mass is 9.82. The standard InChI is InChI=1S/C30H28ClNO4/c1-18(2)21-14-15-32-24(16-21)25(27(33)19-8-6-5-7-9-19)23(17-30(3,4)29(35)36)26(32)28(34)20-10-12-22(31)13-11-20/h5-16,18H,17H2,1-4H3,(H,35,36). The highest BCUT2D eigenvalue weighted by Gasteiger charge is 2.35. The first kappa shape index (κ1) is 25.4. The maximum absolute atomic E-state index is 13.9. The number of fused-ring (bicyclic) bond motifs is 1. The molecule has 1 N–H and O–H groups in total. The summed E-state index contributed by atoms with van der Waals surface area (Å²) in [6, 6.07) is 19.3. The summed E-state index contributed by atoms with van der Waals surface area (Å²) in [5.41, 5.74) is 2.33. The molecule has 2 aromatic carbocycles. The van der Waals surface area contributed by atoms with E-state index in [1.165, 1.54) is 0 Å². The van der Waals surface area contributed by atoms with Crippen LogP contribution in [0, 0.1) is 5.41 Å². The Morgan fingerprint density at radius 2 is 1.53 bits per heavy atom. The summed E-state index contributed by atoms with van der Waals surface area (Å²) >= 11 is 6.04. The molecule has 0 spiro atoms. The summed E-state index contributed by atoms with van der Waals surface area (Å²) in [4.78, 5) is 40.0. The Morgan fingerprint density at radius 3 is 2.11 bits per heavy atom. The molecule has 0 fully saturated rings. The van der Waals surface area contributed by atoms with Crippen molar-refractivity contribution >= 4 is 34.7 Å². The number of aliphatic carboxylic acids is 1. The van der Waals surface area contributed by atoms with Gasteiger partial charge in [0.2, 0.25) is 5.78 Å². The van der Waals surface area contributed by atoms with Crippen molar-refractivity contribution in [3.63, 3.8) is 0 Å². The number of hydrogen-bond donors (Lipinski definition) is 1. The highest BCUT2D eigenvalue weighted by molar-refractivity contribution is 6.30. The van der Waals surface area contributed by atoms with Gasteiger partial charge in [-0.1, -0.05) is 55.8 Å². The molecule has 0 saturated carbocycles. The third-order valence-electron chi connectivity index (χ3n) is 6.51. The summed E-state index contributed by atoms with van der Waals surface area (Å²) in [5.74, 6) is -1.37. The predicted octanol–water partition coefficient (Wildman–Crippen LogP) is 6.83. The van der Waals surface area contributed by atoms with Gasteiger partial charge in [0.15, 0.2) is 5.78 Å². The number of carbonyl (C=O) groups excluding carboxylic acids is 2. The number of carboxylic acids is 1. The summed E-state index contributed by atoms with van der Waals surface area (Å²) in [5, 5.41) is 10.4. The normalized spacial score (nSPS) is 11.7. The number of carboxylic acid groups (broad SMARTS) is 1. The maximum Gasteiger partial charge on any atom is 0.309 e. The van der Waals surface area contributed by atoms with E-state index < -0.39 is 11.4 Å². The van der Waals surface area contributed by atoms with Gasteiger partial charge in [0.1, 0.15) is 0 Å². The second-order valence-electron chi connectivity index (χ2n) is 9.97. The van der Waals surface area contributed by atoms with Crippen LogP contribution in [0.1, 0.15) is 76.7 Å². The van der Waals surface area contributed by atoms with Gasteiger partial charge < -0.3 is 9.51 Å². The third kappa shape index (κ3) is 4.71. The molecule has 2 heterocycles. The number of benzene rings is 2. The number of halogens is 1. The Balaban J connectivity index is 2.09. The van der Waals surface area contributed by atoms with Crippen molar-refractivity contribution in [3.8, 4) is 0 Å². The Kier molecular flexibility index (Phi) is 6.87. The first-order valence-corrected chi connectivity index (χ1v) is 12.2. The summed E-state index contributed by atoms with van der Waals surface area (Å²) in [6.45, 7) is 7.32. The molecule has 36 heavy (non-hydrogen) atoms. The number of hydrogen-bond acceptors (Lipinski definition) is 3. The van der Waals surface area contributed by atoms with Gasteiger partial charge in [0, 0.05) is 22.3 Å². The molecule has 0 unspecified atom stereocenters. The number of aromatic nitrogens is 1. The number of pyridine rings is 1. The summed E-state index contributed by atoms with van der Waals surface area (Å²) in [6.07, 6.45) is 1.80. The van der Waals surface area contributed by atoms with E-state index in [2.05, 4.69) is 13.8 Å². The van der Waals surface area contributed by atoms with Gasteiger partial charge in [-0.15, -0.1) is 0 Å². The lowest BCUT2D eigenvalue weighted by Gasteiger charge is -2.20. The maximum atomic E-state index is 13.9. The number of carbonyl (C=O) groups is 3. The molecule has 0 amide bonds. The van der Waals surface area contributed by atoms with E-state index in [9.17, 15) is 19.5 Å². The van der Waals surface area contributed by atoms with Crippen LogP contribution in [0.3, 0.4) is 0 Å². The van der Waals surface area contributed by atoms with E-state index >= 15 is 0 Å². The van der Waals surface area contributed by atoms with Crippen molar-refractivity contribution in [2.45, 2.75) is 40.0 Å². The van der Waals surface area contributed by atoms with Crippen LogP contribution in [0.4, 0.5) is 0 Å². The van der Waals surface area contributed by atoms with Crippen LogP contribution >= 0.6 is 11.6 Å². The monoisotopic (exact) mass is 501 g/mol. The molecule has 0 saturated heterocycles. The van der Waals surface area contributed by atoms with Gasteiger partial charge in [-0.3, -0.25) is 14.4 Å². The molecule has 6 heteroatoms. The second kappa shape index (κ2) is 9.75. The first-order valence-electron chi connectivity index (χ1n) is 11.8. The van der Waals surface area contributed by atoms with E-state index in [1.54, 1.807) is 73.0 Å². The molecule has 4 aromatic rings. The van der Waals surface area contributed by atoms with Crippen LogP contribution < -0.4 is 0 Å². The van der Waals surface area contributed by atoms with Crippen LogP contribution in [0.2, 0.25) is 5.02 Å². The van der Waals surface area contributed by atoms with E-state index in [-0.39, 0.29) is 29.6 Å². The Bertz CT molecular complexity index is 1460. The lowest BCUT2D eigenvalue weighted by Crippen LogP contribution is -2.28. The first-order chi connectivity index (χ1) is 17.0. The number of nitrogens with zero attached hydrogens (tertiary/aromatic N) is 1. The molecule has 0 bridgehead atoms. The van der Waals surface area contributed by atoms with Crippen LogP contribution in [0.15, 0.2) is 72.9 Å². The Labute approximate surface area is 215 Å². The molecule has 0 aliphatic heterocycles. The molecule has 0 aliphatic rings. The van der Waals surface area contributed by atoms with E-state index in [0.717, 1.165) is 5.56 Å². The highest BCUT2D eigenvalue weighted by Crippen LogP contribution is 2.35. The Morgan fingerprint density at radius 1 is 0.917 bits per heavy atom. The van der Waals surface area contributed by atoms with Crippen molar-refractivity contribution in [1.82, 2.24) is 4.40 Å². The van der Waals surface area contributed by atoms with Crippen LogP contribution in [-0.2, 0) is 11.2 Å². The van der Waals surface area contributed by atoms with Gasteiger partial charge in [0.05, 0.1) is 22.2 Å². The zero-order valence-corrected chi connectivity index (χ0v) is 21.5. The topological polar surface area (TPSA) is 75.8 Å². The van der Waals surface area contributed by atoms with Crippen molar-refractivity contribution in [1.29, 1.82) is 0 Å². The molecule has 2 aromatic heterocycles. The van der Waals surface area contributed by atoms with E-state index in [1.807, 2.05) is 18.2 Å². The van der Waals surface area contributed by atoms with E-state index in [4.69, 9.17) is 11.6 Å². The molecule has 5 nitrogen and oxygen atoms in total. The minimum atomic E-state index is -1.22. The van der Waals surface area contributed by atoms with Crippen molar-refractivity contribution < 1.29 is 19.5 Å². The molecule has 0 atom stereocenters. The van der Waals surface area contributed by atoms with Crippen molar-refractivity contribution in [2.75, 3.05) is 0 Å². The fraction of sp³-hybridized carbons (Fsp3) is 0.233. The number of ketones is 2. The third-order valence-corrected chi connectivity index (χ3v) is 6.76. The molecule has 0 radical (unpaired) electrons. The molecule has 184 valence electrons. The number of rotatable bonds is 8. The molecular weight excluding hydrogens is 474 g/mol. The van der Waals surface area contributed by atoms with Gasteiger partial charge in [0.25, 0.3) is 0 Å². The predicted molar refractivity (Wildman–Crippen MR) is 141 cm³/mol. The average Bonchev–Trinajstić information content (AvgIpc) is 3.16. The smallest absolute Gasteiger partial charge is 0.309 e. The molecule has 0 aliphatic carbocycles. The SMILES string of the molecule is CC(C)c1ccn2c(C(=O)c3ccc(Cl)cc3)c(CC(C)(C)C(=O)O)c(C(=O)c3ccccc3)c2c1. The average molecular weight is 502 g/mol. The molecule has 4 rings (SSSR count). The van der Waals surface area contributed by atoms with Crippen LogP contribution in [0.25, 0.3) is 5.52 Å². The quantitative estimate of drug-likeness (QED) is 0.268. The van der Waals surface area contributed by atoms with Gasteiger partial charge in [-0.2, -0.15) is 0 Å². The van der Waals surface area contributed by atoms with Gasteiger partial charge >= 0.3 is 5.97 Å². The van der Waals surface area contributed by atoms with Crippen molar-refractivity contribution in [2.24, 2.45) is 5.41 Å².